The van der Waals surface area contributed by atoms with E-state index in [1.807, 2.05) is 38.1 Å². The lowest BCUT2D eigenvalue weighted by Crippen LogP contribution is -2.29. The van der Waals surface area contributed by atoms with Crippen LogP contribution >= 0.6 is 15.9 Å². The SMILES string of the molecule is CCn1nc(C)c2c1C(=O)NCC(c1cccc(Br)c1)=N2. The molecule has 0 fully saturated rings. The number of aromatic nitrogens is 2. The van der Waals surface area contributed by atoms with Gasteiger partial charge in [-0.1, -0.05) is 28.1 Å². The van der Waals surface area contributed by atoms with Crippen molar-refractivity contribution < 1.29 is 4.79 Å². The second-order valence-corrected chi connectivity index (χ2v) is 5.77. The van der Waals surface area contributed by atoms with Crippen LogP contribution < -0.4 is 5.32 Å². The third kappa shape index (κ3) is 2.51. The Labute approximate surface area is 131 Å². The standard InChI is InChI=1S/C15H15BrN4O/c1-3-20-14-13(9(2)19-20)18-12(8-17-15(14)21)10-5-4-6-11(16)7-10/h4-7H,3,8H2,1-2H3,(H,17,21). The second-order valence-electron chi connectivity index (χ2n) is 4.85. The number of nitrogens with zero attached hydrogens (tertiary/aromatic N) is 3. The van der Waals surface area contributed by atoms with Gasteiger partial charge in [0.2, 0.25) is 0 Å². The molecule has 108 valence electrons. The molecule has 0 saturated heterocycles. The maximum absolute atomic E-state index is 12.3. The zero-order chi connectivity index (χ0) is 15.0. The topological polar surface area (TPSA) is 59.3 Å². The fraction of sp³-hybridized carbons (Fsp3) is 0.267. The third-order valence-corrected chi connectivity index (χ3v) is 3.92. The van der Waals surface area contributed by atoms with Crippen LogP contribution in [0.4, 0.5) is 5.69 Å². The monoisotopic (exact) mass is 346 g/mol. The van der Waals surface area contributed by atoms with E-state index >= 15 is 0 Å². The van der Waals surface area contributed by atoms with Crippen molar-refractivity contribution in [3.05, 3.63) is 45.7 Å². The van der Waals surface area contributed by atoms with Crippen LogP contribution in [-0.2, 0) is 6.54 Å². The lowest BCUT2D eigenvalue weighted by molar-refractivity contribution is 0.0950. The summed E-state index contributed by atoms with van der Waals surface area (Å²) < 4.78 is 2.69. The summed E-state index contributed by atoms with van der Waals surface area (Å²) in [5.41, 5.74) is 3.81. The minimum Gasteiger partial charge on any atom is -0.345 e. The third-order valence-electron chi connectivity index (χ3n) is 3.43. The molecule has 1 amide bonds. The van der Waals surface area contributed by atoms with Crippen molar-refractivity contribution in [3.63, 3.8) is 0 Å². The van der Waals surface area contributed by atoms with E-state index in [9.17, 15) is 4.79 Å². The lowest BCUT2D eigenvalue weighted by Gasteiger charge is -2.06. The van der Waals surface area contributed by atoms with Crippen molar-refractivity contribution in [1.82, 2.24) is 15.1 Å². The molecule has 6 heteroatoms. The van der Waals surface area contributed by atoms with Gasteiger partial charge < -0.3 is 5.32 Å². The summed E-state index contributed by atoms with van der Waals surface area (Å²) >= 11 is 3.46. The molecule has 0 bridgehead atoms. The smallest absolute Gasteiger partial charge is 0.272 e. The van der Waals surface area contributed by atoms with Crippen LogP contribution in [0.3, 0.4) is 0 Å². The Hall–Kier alpha value is -1.95. The highest BCUT2D eigenvalue weighted by atomic mass is 79.9. The van der Waals surface area contributed by atoms with Crippen molar-refractivity contribution in [3.8, 4) is 0 Å². The van der Waals surface area contributed by atoms with Crippen LogP contribution in [0.1, 0.15) is 28.7 Å². The van der Waals surface area contributed by atoms with Crippen LogP contribution in [-0.4, -0.2) is 27.9 Å². The molecule has 1 aliphatic rings. The van der Waals surface area contributed by atoms with Crippen molar-refractivity contribution in [2.75, 3.05) is 6.54 Å². The molecule has 2 heterocycles. The lowest BCUT2D eigenvalue weighted by atomic mass is 10.1. The van der Waals surface area contributed by atoms with E-state index in [1.165, 1.54) is 0 Å². The fourth-order valence-corrected chi connectivity index (χ4v) is 2.82. The summed E-state index contributed by atoms with van der Waals surface area (Å²) in [7, 11) is 0. The van der Waals surface area contributed by atoms with E-state index < -0.39 is 0 Å². The van der Waals surface area contributed by atoms with Gasteiger partial charge >= 0.3 is 0 Å². The predicted molar refractivity (Wildman–Crippen MR) is 85.3 cm³/mol. The maximum Gasteiger partial charge on any atom is 0.272 e. The van der Waals surface area contributed by atoms with Gasteiger partial charge in [-0.2, -0.15) is 5.10 Å². The number of hydrogen-bond donors (Lipinski definition) is 1. The van der Waals surface area contributed by atoms with Gasteiger partial charge in [0.15, 0.2) is 5.69 Å². The molecule has 0 aliphatic carbocycles. The van der Waals surface area contributed by atoms with Crippen LogP contribution in [0.15, 0.2) is 33.7 Å². The van der Waals surface area contributed by atoms with Crippen molar-refractivity contribution in [2.45, 2.75) is 20.4 Å². The molecule has 5 nitrogen and oxygen atoms in total. The van der Waals surface area contributed by atoms with Crippen molar-refractivity contribution >= 4 is 33.2 Å². The summed E-state index contributed by atoms with van der Waals surface area (Å²) in [5.74, 6) is -0.124. The highest BCUT2D eigenvalue weighted by molar-refractivity contribution is 9.10. The summed E-state index contributed by atoms with van der Waals surface area (Å²) in [6.07, 6.45) is 0. The molecule has 1 N–H and O–H groups in total. The van der Waals surface area contributed by atoms with Gasteiger partial charge in [-0.05, 0) is 31.5 Å². The van der Waals surface area contributed by atoms with Crippen molar-refractivity contribution in [2.24, 2.45) is 4.99 Å². The number of amides is 1. The fourth-order valence-electron chi connectivity index (χ4n) is 2.42. The molecule has 1 aromatic carbocycles. The Balaban J connectivity index is 2.15. The molecule has 0 radical (unpaired) electrons. The molecule has 3 rings (SSSR count). The maximum atomic E-state index is 12.3. The number of halogens is 1. The van der Waals surface area contributed by atoms with E-state index in [-0.39, 0.29) is 5.91 Å². The number of aliphatic imine (C=N–C) groups is 1. The summed E-state index contributed by atoms with van der Waals surface area (Å²) in [6.45, 7) is 4.90. The van der Waals surface area contributed by atoms with Gasteiger partial charge in [0, 0.05) is 11.0 Å². The highest BCUT2D eigenvalue weighted by Crippen LogP contribution is 2.27. The number of rotatable bonds is 2. The van der Waals surface area contributed by atoms with Crippen LogP contribution in [0.25, 0.3) is 0 Å². The average Bonchev–Trinajstić information content (AvgIpc) is 2.67. The first kappa shape index (κ1) is 14.0. The Bertz CT molecular complexity index is 748. The zero-order valence-corrected chi connectivity index (χ0v) is 13.4. The molecule has 0 unspecified atom stereocenters. The highest BCUT2D eigenvalue weighted by Gasteiger charge is 2.24. The molecule has 0 saturated carbocycles. The summed E-state index contributed by atoms with van der Waals surface area (Å²) in [5, 5.41) is 7.30. The van der Waals surface area contributed by atoms with E-state index in [0.29, 0.717) is 24.5 Å². The number of benzene rings is 1. The first-order chi connectivity index (χ1) is 10.1. The van der Waals surface area contributed by atoms with E-state index in [4.69, 9.17) is 4.99 Å². The Morgan fingerprint density at radius 2 is 2.24 bits per heavy atom. The Morgan fingerprint density at radius 1 is 1.43 bits per heavy atom. The molecule has 0 atom stereocenters. The minimum absolute atomic E-state index is 0.124. The number of fused-ring (bicyclic) bond motifs is 1. The first-order valence-corrected chi connectivity index (χ1v) is 7.58. The Kier molecular flexibility index (Phi) is 3.63. The Morgan fingerprint density at radius 3 is 2.95 bits per heavy atom. The van der Waals surface area contributed by atoms with Gasteiger partial charge in [0.1, 0.15) is 5.69 Å². The van der Waals surface area contributed by atoms with E-state index in [1.54, 1.807) is 4.68 Å². The molecule has 1 aromatic heterocycles. The predicted octanol–water partition coefficient (Wildman–Crippen LogP) is 2.84. The molecule has 0 spiro atoms. The molecule has 21 heavy (non-hydrogen) atoms. The van der Waals surface area contributed by atoms with Gasteiger partial charge in [-0.15, -0.1) is 0 Å². The van der Waals surface area contributed by atoms with Gasteiger partial charge in [-0.3, -0.25) is 9.48 Å². The molecule has 2 aromatic rings. The largest absolute Gasteiger partial charge is 0.345 e. The minimum atomic E-state index is -0.124. The second kappa shape index (κ2) is 5.44. The van der Waals surface area contributed by atoms with Gasteiger partial charge in [0.25, 0.3) is 5.91 Å². The van der Waals surface area contributed by atoms with E-state index in [2.05, 4.69) is 26.3 Å². The van der Waals surface area contributed by atoms with Gasteiger partial charge in [-0.25, -0.2) is 4.99 Å². The quantitative estimate of drug-likeness (QED) is 0.908. The zero-order valence-electron chi connectivity index (χ0n) is 11.9. The average molecular weight is 347 g/mol. The van der Waals surface area contributed by atoms with Crippen LogP contribution in [0.2, 0.25) is 0 Å². The van der Waals surface area contributed by atoms with Crippen molar-refractivity contribution in [1.29, 1.82) is 0 Å². The summed E-state index contributed by atoms with van der Waals surface area (Å²) in [4.78, 5) is 17.0. The first-order valence-electron chi connectivity index (χ1n) is 6.79. The number of carbonyl (C=O) groups excluding carboxylic acids is 1. The summed E-state index contributed by atoms with van der Waals surface area (Å²) in [6, 6.07) is 7.90. The molecular formula is C15H15BrN4O. The number of nitrogens with one attached hydrogen (secondary N) is 1. The molecular weight excluding hydrogens is 332 g/mol. The normalized spacial score (nSPS) is 14.2. The molecule has 1 aliphatic heterocycles. The number of carbonyl (C=O) groups is 1. The van der Waals surface area contributed by atoms with Crippen LogP contribution in [0.5, 0.6) is 0 Å². The van der Waals surface area contributed by atoms with E-state index in [0.717, 1.165) is 21.4 Å². The van der Waals surface area contributed by atoms with Crippen LogP contribution in [0, 0.1) is 6.92 Å². The number of hydrogen-bond acceptors (Lipinski definition) is 3. The number of aryl methyl sites for hydroxylation is 2. The van der Waals surface area contributed by atoms with Gasteiger partial charge in [0.05, 0.1) is 18.0 Å².